The molecule has 1 atom stereocenters. The van der Waals surface area contributed by atoms with Crippen LogP contribution in [-0.4, -0.2) is 34.6 Å². The number of likely N-dealkylation sites (N-methyl/N-ethyl adjacent to an activating group) is 1. The first-order valence-electron chi connectivity index (χ1n) is 9.34. The summed E-state index contributed by atoms with van der Waals surface area (Å²) in [4.78, 5) is 15.1. The van der Waals surface area contributed by atoms with Crippen LogP contribution in [0.2, 0.25) is 0 Å². The first-order valence-corrected chi connectivity index (χ1v) is 9.34. The molecule has 4 heteroatoms. The number of H-pyrrole nitrogens is 1. The smallest absolute Gasteiger partial charge is 0.257 e. The Kier molecular flexibility index (Phi) is 4.14. The number of aromatic nitrogens is 2. The molecule has 1 N–H and O–H groups in total. The highest BCUT2D eigenvalue weighted by Crippen LogP contribution is 2.64. The van der Waals surface area contributed by atoms with Crippen molar-refractivity contribution < 1.29 is 4.79 Å². The van der Waals surface area contributed by atoms with Crippen LogP contribution in [0.1, 0.15) is 36.2 Å². The van der Waals surface area contributed by atoms with E-state index in [1.54, 1.807) is 6.20 Å². The monoisotopic (exact) mass is 359 g/mol. The summed E-state index contributed by atoms with van der Waals surface area (Å²) in [5.41, 5.74) is 3.86. The number of rotatable bonds is 5. The van der Waals surface area contributed by atoms with E-state index in [2.05, 4.69) is 48.3 Å². The third-order valence-corrected chi connectivity index (χ3v) is 6.03. The summed E-state index contributed by atoms with van der Waals surface area (Å²) in [5, 5.41) is 7.12. The molecule has 4 nitrogen and oxygen atoms in total. The highest BCUT2D eigenvalue weighted by atomic mass is 16.2. The van der Waals surface area contributed by atoms with Gasteiger partial charge in [-0.1, -0.05) is 74.5 Å². The molecule has 1 amide bonds. The Hall–Kier alpha value is -2.88. The van der Waals surface area contributed by atoms with Gasteiger partial charge in [0.1, 0.15) is 0 Å². The Morgan fingerprint density at radius 1 is 1.07 bits per heavy atom. The van der Waals surface area contributed by atoms with Gasteiger partial charge in [0.05, 0.1) is 17.5 Å². The van der Waals surface area contributed by atoms with Crippen molar-refractivity contribution in [2.75, 3.05) is 13.6 Å². The number of hydrogen-bond acceptors (Lipinski definition) is 2. The molecule has 1 heterocycles. The maximum atomic E-state index is 13.2. The van der Waals surface area contributed by atoms with Crippen molar-refractivity contribution in [2.24, 2.45) is 5.41 Å². The van der Waals surface area contributed by atoms with E-state index in [0.717, 1.165) is 17.7 Å². The highest BCUT2D eigenvalue weighted by Gasteiger charge is 2.62. The Bertz CT molecular complexity index is 946. The van der Waals surface area contributed by atoms with Crippen LogP contribution in [0.5, 0.6) is 0 Å². The van der Waals surface area contributed by atoms with Gasteiger partial charge in [0.25, 0.3) is 5.91 Å². The minimum absolute atomic E-state index is 0.000564. The first kappa shape index (κ1) is 17.5. The predicted octanol–water partition coefficient (Wildman–Crippen LogP) is 4.52. The van der Waals surface area contributed by atoms with E-state index in [0.29, 0.717) is 12.1 Å². The number of hydrogen-bond donors (Lipinski definition) is 1. The largest absolute Gasteiger partial charge is 0.341 e. The normalized spacial score (nSPS) is 20.3. The summed E-state index contributed by atoms with van der Waals surface area (Å²) >= 11 is 0. The summed E-state index contributed by atoms with van der Waals surface area (Å²) in [5.74, 6) is 0.000564. The van der Waals surface area contributed by atoms with E-state index in [1.807, 2.05) is 48.3 Å². The van der Waals surface area contributed by atoms with E-state index in [1.165, 1.54) is 5.56 Å². The lowest BCUT2D eigenvalue weighted by Gasteiger charge is -2.27. The van der Waals surface area contributed by atoms with Crippen molar-refractivity contribution in [1.29, 1.82) is 0 Å². The lowest BCUT2D eigenvalue weighted by Crippen LogP contribution is -2.36. The number of amides is 1. The van der Waals surface area contributed by atoms with Gasteiger partial charge in [-0.2, -0.15) is 5.10 Å². The molecule has 0 aliphatic heterocycles. The van der Waals surface area contributed by atoms with Gasteiger partial charge in [-0.25, -0.2) is 0 Å². The van der Waals surface area contributed by atoms with Gasteiger partial charge in [-0.05, 0) is 17.4 Å². The molecule has 0 unspecified atom stereocenters. The fourth-order valence-electron chi connectivity index (χ4n) is 4.28. The molecule has 27 heavy (non-hydrogen) atoms. The summed E-state index contributed by atoms with van der Waals surface area (Å²) in [7, 11) is 1.89. The molecule has 3 aromatic rings. The topological polar surface area (TPSA) is 49.0 Å². The van der Waals surface area contributed by atoms with Crippen molar-refractivity contribution in [3.63, 3.8) is 0 Å². The van der Waals surface area contributed by atoms with Crippen molar-refractivity contribution in [1.82, 2.24) is 15.1 Å². The third-order valence-electron chi connectivity index (χ3n) is 6.03. The van der Waals surface area contributed by atoms with Gasteiger partial charge in [0.15, 0.2) is 0 Å². The van der Waals surface area contributed by atoms with Crippen molar-refractivity contribution >= 4 is 5.91 Å². The molecule has 1 aliphatic carbocycles. The Morgan fingerprint density at radius 2 is 1.67 bits per heavy atom. The van der Waals surface area contributed by atoms with Crippen LogP contribution in [0.3, 0.4) is 0 Å². The first-order chi connectivity index (χ1) is 12.9. The fraction of sp³-hybridized carbons (Fsp3) is 0.304. The van der Waals surface area contributed by atoms with Gasteiger partial charge < -0.3 is 4.90 Å². The minimum atomic E-state index is 0.000564. The Morgan fingerprint density at radius 3 is 2.26 bits per heavy atom. The average molecular weight is 359 g/mol. The Labute approximate surface area is 160 Å². The quantitative estimate of drug-likeness (QED) is 0.728. The molecule has 1 aromatic heterocycles. The van der Waals surface area contributed by atoms with Crippen LogP contribution in [0, 0.1) is 5.41 Å². The number of nitrogens with zero attached hydrogens (tertiary/aromatic N) is 2. The number of nitrogens with one attached hydrogen (secondary N) is 1. The molecule has 1 saturated carbocycles. The lowest BCUT2D eigenvalue weighted by molar-refractivity contribution is 0.0776. The fourth-order valence-corrected chi connectivity index (χ4v) is 4.28. The van der Waals surface area contributed by atoms with E-state index in [-0.39, 0.29) is 16.7 Å². The van der Waals surface area contributed by atoms with E-state index >= 15 is 0 Å². The summed E-state index contributed by atoms with van der Waals surface area (Å²) in [6.45, 7) is 5.26. The molecule has 4 rings (SSSR count). The zero-order chi connectivity index (χ0) is 19.1. The summed E-state index contributed by atoms with van der Waals surface area (Å²) < 4.78 is 0. The molecular weight excluding hydrogens is 334 g/mol. The van der Waals surface area contributed by atoms with Gasteiger partial charge in [0.2, 0.25) is 0 Å². The second-order valence-corrected chi connectivity index (χ2v) is 8.19. The molecule has 0 radical (unpaired) electrons. The van der Waals surface area contributed by atoms with Gasteiger partial charge >= 0.3 is 0 Å². The van der Waals surface area contributed by atoms with Crippen LogP contribution in [0.4, 0.5) is 0 Å². The molecule has 1 aliphatic rings. The molecule has 0 spiro atoms. The number of carbonyl (C=O) groups excluding carboxylic acids is 1. The Balaban J connectivity index is 1.60. The molecule has 2 aromatic carbocycles. The molecule has 138 valence electrons. The zero-order valence-electron chi connectivity index (χ0n) is 16.1. The highest BCUT2D eigenvalue weighted by molar-refractivity contribution is 5.99. The van der Waals surface area contributed by atoms with Crippen LogP contribution in [0.15, 0.2) is 66.9 Å². The van der Waals surface area contributed by atoms with Gasteiger partial charge in [-0.3, -0.25) is 9.89 Å². The van der Waals surface area contributed by atoms with Crippen molar-refractivity contribution in [3.8, 4) is 11.3 Å². The van der Waals surface area contributed by atoms with Gasteiger partial charge in [-0.15, -0.1) is 0 Å². The summed E-state index contributed by atoms with van der Waals surface area (Å²) in [6, 6.07) is 20.4. The molecule has 0 bridgehead atoms. The van der Waals surface area contributed by atoms with E-state index in [9.17, 15) is 4.79 Å². The van der Waals surface area contributed by atoms with Gasteiger partial charge in [0, 0.05) is 24.6 Å². The van der Waals surface area contributed by atoms with E-state index in [4.69, 9.17) is 0 Å². The van der Waals surface area contributed by atoms with Crippen LogP contribution in [0.25, 0.3) is 11.3 Å². The summed E-state index contributed by atoms with van der Waals surface area (Å²) in [6.07, 6.45) is 2.72. The maximum absolute atomic E-state index is 13.2. The molecular formula is C23H25N3O. The number of carbonyl (C=O) groups is 1. The average Bonchev–Trinajstić information content (AvgIpc) is 3.03. The number of benzene rings is 2. The zero-order valence-corrected chi connectivity index (χ0v) is 16.1. The van der Waals surface area contributed by atoms with Crippen LogP contribution < -0.4 is 0 Å². The maximum Gasteiger partial charge on any atom is 0.257 e. The molecule has 1 fully saturated rings. The van der Waals surface area contributed by atoms with E-state index < -0.39 is 0 Å². The predicted molar refractivity (Wildman–Crippen MR) is 108 cm³/mol. The molecule has 0 saturated heterocycles. The lowest BCUT2D eigenvalue weighted by atomic mass is 9.87. The third kappa shape index (κ3) is 2.95. The van der Waals surface area contributed by atoms with Crippen LogP contribution in [-0.2, 0) is 5.41 Å². The minimum Gasteiger partial charge on any atom is -0.341 e. The standard InChI is InChI=1S/C23H25N3O/c1-22(2)15-23(22,18-12-8-5-9-13-18)16-26(3)21(27)19-14-24-25-20(19)17-10-6-4-7-11-17/h4-14H,15-16H2,1-3H3,(H,24,25)/t23-/m0/s1. The SMILES string of the molecule is CN(C[C@]1(c2ccccc2)CC1(C)C)C(=O)c1cn[nH]c1-c1ccccc1. The second-order valence-electron chi connectivity index (χ2n) is 8.19. The van der Waals surface area contributed by atoms with Crippen molar-refractivity contribution in [2.45, 2.75) is 25.7 Å². The van der Waals surface area contributed by atoms with Crippen LogP contribution >= 0.6 is 0 Å². The second kappa shape index (κ2) is 6.38. The van der Waals surface area contributed by atoms with Crippen molar-refractivity contribution in [3.05, 3.63) is 78.0 Å². The number of aromatic amines is 1.